The molecule has 1 aromatic rings. The quantitative estimate of drug-likeness (QED) is 0.852. The lowest BCUT2D eigenvalue weighted by atomic mass is 10.0. The zero-order valence-electron chi connectivity index (χ0n) is 11.5. The van der Waals surface area contributed by atoms with E-state index in [1.165, 1.54) is 5.56 Å². The molecule has 0 saturated heterocycles. The Balaban J connectivity index is 3.13. The first-order valence-electron chi connectivity index (χ1n) is 5.84. The maximum Gasteiger partial charge on any atom is 0.148 e. The van der Waals surface area contributed by atoms with E-state index in [4.69, 9.17) is 0 Å². The molecule has 0 aliphatic rings. The zero-order chi connectivity index (χ0) is 12.5. The summed E-state index contributed by atoms with van der Waals surface area (Å²) in [4.78, 5) is 9.17. The van der Waals surface area contributed by atoms with E-state index in [1.807, 2.05) is 13.8 Å². The molecule has 0 atom stereocenters. The molecule has 0 aliphatic carbocycles. The predicted molar refractivity (Wildman–Crippen MR) is 67.5 cm³/mol. The Morgan fingerprint density at radius 2 is 1.44 bits per heavy atom. The smallest absolute Gasteiger partial charge is 0.148 e. The Hall–Kier alpha value is -0.960. The molecule has 1 aromatic heterocycles. The van der Waals surface area contributed by atoms with E-state index in [0.29, 0.717) is 6.04 Å². The lowest BCUT2D eigenvalue weighted by Crippen LogP contribution is -2.42. The summed E-state index contributed by atoms with van der Waals surface area (Å²) < 4.78 is 0. The van der Waals surface area contributed by atoms with Gasteiger partial charge in [-0.3, -0.25) is 0 Å². The summed E-state index contributed by atoms with van der Waals surface area (Å²) in [7, 11) is 0. The van der Waals surface area contributed by atoms with Crippen molar-refractivity contribution in [3.63, 3.8) is 0 Å². The topological polar surface area (TPSA) is 37.8 Å². The van der Waals surface area contributed by atoms with Crippen LogP contribution in [0.4, 0.5) is 0 Å². The van der Waals surface area contributed by atoms with Crippen molar-refractivity contribution in [2.75, 3.05) is 0 Å². The summed E-state index contributed by atoms with van der Waals surface area (Å²) in [5.74, 6) is 0.877. The van der Waals surface area contributed by atoms with Crippen LogP contribution in [0.1, 0.15) is 50.5 Å². The number of hydrogen-bond donors (Lipinski definition) is 1. The first kappa shape index (κ1) is 13.1. The molecule has 1 N–H and O–H groups in total. The minimum atomic E-state index is -0.183. The van der Waals surface area contributed by atoms with E-state index in [1.54, 1.807) is 0 Å². The molecule has 90 valence electrons. The molecule has 0 bridgehead atoms. The van der Waals surface area contributed by atoms with Crippen LogP contribution in [0.3, 0.4) is 0 Å². The number of nitrogens with one attached hydrogen (secondary N) is 1. The van der Waals surface area contributed by atoms with E-state index < -0.39 is 0 Å². The van der Waals surface area contributed by atoms with Gasteiger partial charge in [0.05, 0.1) is 5.54 Å². The molecule has 0 fully saturated rings. The minimum absolute atomic E-state index is 0.183. The highest BCUT2D eigenvalue weighted by molar-refractivity contribution is 5.24. The van der Waals surface area contributed by atoms with E-state index in [9.17, 15) is 0 Å². The monoisotopic (exact) mass is 221 g/mol. The maximum atomic E-state index is 4.58. The molecule has 0 saturated carbocycles. The summed E-state index contributed by atoms with van der Waals surface area (Å²) in [6.45, 7) is 14.7. The van der Waals surface area contributed by atoms with Crippen molar-refractivity contribution in [2.45, 2.75) is 60.0 Å². The predicted octanol–water partition coefficient (Wildman–Crippen LogP) is 2.63. The number of hydrogen-bond acceptors (Lipinski definition) is 3. The minimum Gasteiger partial charge on any atom is -0.303 e. The Bertz CT molecular complexity index is 358. The Kier molecular flexibility index (Phi) is 3.68. The first-order chi connectivity index (χ1) is 7.24. The zero-order valence-corrected chi connectivity index (χ0v) is 11.5. The maximum absolute atomic E-state index is 4.58. The van der Waals surface area contributed by atoms with E-state index in [2.05, 4.69) is 49.9 Å². The summed E-state index contributed by atoms with van der Waals surface area (Å²) in [6.07, 6.45) is 0. The second kappa shape index (κ2) is 4.50. The molecule has 1 rings (SSSR count). The highest BCUT2D eigenvalue weighted by atomic mass is 15.1. The van der Waals surface area contributed by atoms with Crippen molar-refractivity contribution in [3.05, 3.63) is 22.8 Å². The van der Waals surface area contributed by atoms with Crippen LogP contribution in [-0.4, -0.2) is 16.0 Å². The number of nitrogens with zero attached hydrogens (tertiary/aromatic N) is 2. The number of aromatic nitrogens is 2. The second-order valence-corrected chi connectivity index (χ2v) is 5.27. The normalized spacial score (nSPS) is 12.2. The SMILES string of the molecule is Cc1nc(C(C)(C)NC(C)C)nc(C)c1C. The third kappa shape index (κ3) is 2.79. The van der Waals surface area contributed by atoms with Crippen LogP contribution >= 0.6 is 0 Å². The van der Waals surface area contributed by atoms with Crippen molar-refractivity contribution in [3.8, 4) is 0 Å². The third-order valence-electron chi connectivity index (χ3n) is 2.84. The second-order valence-electron chi connectivity index (χ2n) is 5.27. The Morgan fingerprint density at radius 3 is 1.81 bits per heavy atom. The van der Waals surface area contributed by atoms with Crippen LogP contribution in [-0.2, 0) is 5.54 Å². The van der Waals surface area contributed by atoms with Crippen LogP contribution in [0, 0.1) is 20.8 Å². The van der Waals surface area contributed by atoms with Crippen LogP contribution in [0.15, 0.2) is 0 Å². The van der Waals surface area contributed by atoms with Gasteiger partial charge in [-0.05, 0) is 54.0 Å². The molecular formula is C13H23N3. The average molecular weight is 221 g/mol. The fourth-order valence-electron chi connectivity index (χ4n) is 1.84. The summed E-state index contributed by atoms with van der Waals surface area (Å²) in [6, 6.07) is 0.417. The molecule has 1 heterocycles. The number of aryl methyl sites for hydroxylation is 2. The molecular weight excluding hydrogens is 198 g/mol. The average Bonchev–Trinajstić information content (AvgIpc) is 2.11. The molecule has 0 amide bonds. The van der Waals surface area contributed by atoms with Gasteiger partial charge in [0.25, 0.3) is 0 Å². The van der Waals surface area contributed by atoms with Gasteiger partial charge in [-0.2, -0.15) is 0 Å². The molecule has 0 aliphatic heterocycles. The molecule has 3 heteroatoms. The lowest BCUT2D eigenvalue weighted by molar-refractivity contribution is 0.345. The number of rotatable bonds is 3. The van der Waals surface area contributed by atoms with Gasteiger partial charge in [0, 0.05) is 17.4 Å². The van der Waals surface area contributed by atoms with Gasteiger partial charge in [-0.15, -0.1) is 0 Å². The van der Waals surface area contributed by atoms with Gasteiger partial charge in [0.1, 0.15) is 5.82 Å². The van der Waals surface area contributed by atoms with Crippen LogP contribution < -0.4 is 5.32 Å². The van der Waals surface area contributed by atoms with Crippen LogP contribution in [0.25, 0.3) is 0 Å². The summed E-state index contributed by atoms with van der Waals surface area (Å²) >= 11 is 0. The standard InChI is InChI=1S/C13H23N3/c1-8(2)16-13(6,7)12-14-10(4)9(3)11(5)15-12/h8,16H,1-7H3. The Morgan fingerprint density at radius 1 is 1.00 bits per heavy atom. The van der Waals surface area contributed by atoms with Gasteiger partial charge in [0.2, 0.25) is 0 Å². The fraction of sp³-hybridized carbons (Fsp3) is 0.692. The van der Waals surface area contributed by atoms with Gasteiger partial charge in [-0.25, -0.2) is 9.97 Å². The molecule has 0 aromatic carbocycles. The van der Waals surface area contributed by atoms with Gasteiger partial charge in [0.15, 0.2) is 0 Å². The van der Waals surface area contributed by atoms with Gasteiger partial charge < -0.3 is 5.32 Å². The van der Waals surface area contributed by atoms with Gasteiger partial charge >= 0.3 is 0 Å². The van der Waals surface area contributed by atoms with E-state index >= 15 is 0 Å². The molecule has 0 unspecified atom stereocenters. The van der Waals surface area contributed by atoms with Crippen molar-refractivity contribution in [1.29, 1.82) is 0 Å². The van der Waals surface area contributed by atoms with Crippen molar-refractivity contribution < 1.29 is 0 Å². The van der Waals surface area contributed by atoms with Crippen LogP contribution in [0.5, 0.6) is 0 Å². The lowest BCUT2D eigenvalue weighted by Gasteiger charge is -2.28. The molecule has 3 nitrogen and oxygen atoms in total. The van der Waals surface area contributed by atoms with E-state index in [0.717, 1.165) is 17.2 Å². The van der Waals surface area contributed by atoms with Crippen molar-refractivity contribution in [1.82, 2.24) is 15.3 Å². The van der Waals surface area contributed by atoms with Gasteiger partial charge in [-0.1, -0.05) is 0 Å². The summed E-state index contributed by atoms with van der Waals surface area (Å²) in [5.41, 5.74) is 3.14. The Labute approximate surface area is 98.7 Å². The fourth-order valence-corrected chi connectivity index (χ4v) is 1.84. The highest BCUT2D eigenvalue weighted by Gasteiger charge is 2.25. The van der Waals surface area contributed by atoms with Crippen LogP contribution in [0.2, 0.25) is 0 Å². The summed E-state index contributed by atoms with van der Waals surface area (Å²) in [5, 5.41) is 3.48. The van der Waals surface area contributed by atoms with E-state index in [-0.39, 0.29) is 5.54 Å². The molecule has 16 heavy (non-hydrogen) atoms. The molecule has 0 radical (unpaired) electrons. The van der Waals surface area contributed by atoms with Crippen molar-refractivity contribution >= 4 is 0 Å². The van der Waals surface area contributed by atoms with Crippen molar-refractivity contribution in [2.24, 2.45) is 0 Å². The first-order valence-corrected chi connectivity index (χ1v) is 5.84. The highest BCUT2D eigenvalue weighted by Crippen LogP contribution is 2.19. The third-order valence-corrected chi connectivity index (χ3v) is 2.84. The molecule has 0 spiro atoms. The largest absolute Gasteiger partial charge is 0.303 e.